The Kier molecular flexibility index (Phi) is 5.32. The number of amides is 1. The fourth-order valence-corrected chi connectivity index (χ4v) is 6.95. The minimum atomic E-state index is -1.34. The molecule has 5 nitrogen and oxygen atoms in total. The molecular weight excluding hydrogens is 508 g/mol. The average molecular weight is 531 g/mol. The zero-order chi connectivity index (χ0) is 26.7. The zero-order valence-electron chi connectivity index (χ0n) is 20.8. The number of hydrogen-bond donors (Lipinski definition) is 1. The number of Topliss-reactive ketones (excluding diaryl/α,β-unsaturated/α-hetero) is 2. The Labute approximate surface area is 230 Å². The van der Waals surface area contributed by atoms with Crippen molar-refractivity contribution in [3.05, 3.63) is 136 Å². The summed E-state index contributed by atoms with van der Waals surface area (Å²) < 4.78 is 0. The van der Waals surface area contributed by atoms with E-state index in [-0.39, 0.29) is 17.5 Å². The molecule has 1 spiro atoms. The third kappa shape index (κ3) is 3.23. The van der Waals surface area contributed by atoms with Gasteiger partial charge >= 0.3 is 0 Å². The number of fused-ring (bicyclic) bond motifs is 6. The van der Waals surface area contributed by atoms with E-state index < -0.39 is 23.4 Å². The first-order chi connectivity index (χ1) is 19.0. The summed E-state index contributed by atoms with van der Waals surface area (Å²) in [6.45, 7) is 0. The first-order valence-electron chi connectivity index (χ1n) is 12.9. The molecule has 1 fully saturated rings. The van der Waals surface area contributed by atoms with E-state index in [9.17, 15) is 14.4 Å². The van der Waals surface area contributed by atoms with Gasteiger partial charge in [-0.05, 0) is 35.4 Å². The van der Waals surface area contributed by atoms with E-state index in [1.54, 1.807) is 48.5 Å². The van der Waals surface area contributed by atoms with Gasteiger partial charge in [-0.1, -0.05) is 103 Å². The molecule has 1 saturated heterocycles. The van der Waals surface area contributed by atoms with Crippen molar-refractivity contribution < 1.29 is 14.4 Å². The normalized spacial score (nSPS) is 24.2. The molecule has 0 aliphatic carbocycles. The smallest absolute Gasteiger partial charge is 0.238 e. The van der Waals surface area contributed by atoms with Crippen LogP contribution in [0.1, 0.15) is 31.8 Å². The molecule has 0 unspecified atom stereocenters. The first kappa shape index (κ1) is 23.6. The maximum Gasteiger partial charge on any atom is 0.238 e. The van der Waals surface area contributed by atoms with Crippen molar-refractivity contribution in [2.24, 2.45) is 5.92 Å². The van der Waals surface area contributed by atoms with Crippen LogP contribution in [-0.4, -0.2) is 29.6 Å². The maximum absolute atomic E-state index is 14.6. The molecule has 3 aliphatic heterocycles. The van der Waals surface area contributed by atoms with Crippen molar-refractivity contribution in [3.63, 3.8) is 0 Å². The lowest BCUT2D eigenvalue weighted by Crippen LogP contribution is -2.51. The lowest BCUT2D eigenvalue weighted by Gasteiger charge is -2.37. The predicted molar refractivity (Wildman–Crippen MR) is 152 cm³/mol. The number of ketones is 2. The lowest BCUT2D eigenvalue weighted by molar-refractivity contribution is -0.121. The van der Waals surface area contributed by atoms with Gasteiger partial charge in [-0.2, -0.15) is 0 Å². The molecule has 4 aromatic rings. The Hall–Kier alpha value is -4.48. The molecule has 0 radical (unpaired) electrons. The van der Waals surface area contributed by atoms with Gasteiger partial charge in [0.25, 0.3) is 0 Å². The van der Waals surface area contributed by atoms with Gasteiger partial charge in [0.1, 0.15) is 11.5 Å². The Morgan fingerprint density at radius 3 is 2.31 bits per heavy atom. The number of rotatable bonds is 4. The van der Waals surface area contributed by atoms with Crippen LogP contribution in [0.15, 0.2) is 109 Å². The summed E-state index contributed by atoms with van der Waals surface area (Å²) in [5.41, 5.74) is 2.53. The molecule has 6 heteroatoms. The van der Waals surface area contributed by atoms with Crippen molar-refractivity contribution in [2.75, 3.05) is 10.2 Å². The van der Waals surface area contributed by atoms with Crippen molar-refractivity contribution in [1.82, 2.24) is 0 Å². The molecule has 0 bridgehead atoms. The van der Waals surface area contributed by atoms with Crippen molar-refractivity contribution in [3.8, 4) is 0 Å². The second-order valence-electron chi connectivity index (χ2n) is 10.1. The summed E-state index contributed by atoms with van der Waals surface area (Å²) >= 11 is 6.56. The quantitative estimate of drug-likeness (QED) is 0.319. The maximum atomic E-state index is 14.6. The van der Waals surface area contributed by atoms with Gasteiger partial charge in [0.2, 0.25) is 5.91 Å². The summed E-state index contributed by atoms with van der Waals surface area (Å²) in [4.78, 5) is 45.5. The number of nitrogens with zero attached hydrogens (tertiary/aromatic N) is 1. The number of halogens is 1. The molecule has 1 amide bonds. The lowest BCUT2D eigenvalue weighted by atomic mass is 9.64. The second kappa shape index (κ2) is 8.79. The molecule has 7 rings (SSSR count). The van der Waals surface area contributed by atoms with E-state index in [1.807, 2.05) is 71.6 Å². The summed E-state index contributed by atoms with van der Waals surface area (Å²) in [7, 11) is 0. The van der Waals surface area contributed by atoms with Crippen LogP contribution in [0.25, 0.3) is 6.08 Å². The van der Waals surface area contributed by atoms with Crippen LogP contribution in [0.5, 0.6) is 0 Å². The van der Waals surface area contributed by atoms with Crippen LogP contribution >= 0.6 is 11.6 Å². The number of nitrogens with one attached hydrogen (secondary N) is 1. The van der Waals surface area contributed by atoms with Gasteiger partial charge in [0.05, 0.1) is 17.0 Å². The average Bonchev–Trinajstić information content (AvgIpc) is 3.45. The van der Waals surface area contributed by atoms with Gasteiger partial charge in [-0.25, -0.2) is 0 Å². The van der Waals surface area contributed by atoms with Gasteiger partial charge in [0.15, 0.2) is 11.6 Å². The molecule has 39 heavy (non-hydrogen) atoms. The van der Waals surface area contributed by atoms with Crippen LogP contribution in [0, 0.1) is 5.92 Å². The molecule has 0 aromatic heterocycles. The molecule has 3 heterocycles. The third-order valence-corrected chi connectivity index (χ3v) is 8.62. The first-order valence-corrected chi connectivity index (χ1v) is 13.3. The van der Waals surface area contributed by atoms with E-state index >= 15 is 0 Å². The van der Waals surface area contributed by atoms with Gasteiger partial charge in [-0.3, -0.25) is 14.4 Å². The number of carbonyl (C=O) groups excluding carboxylic acids is 3. The van der Waals surface area contributed by atoms with E-state index in [4.69, 9.17) is 11.6 Å². The van der Waals surface area contributed by atoms with Gasteiger partial charge < -0.3 is 10.2 Å². The summed E-state index contributed by atoms with van der Waals surface area (Å²) in [6.07, 6.45) is 3.95. The van der Waals surface area contributed by atoms with Crippen molar-refractivity contribution in [2.45, 2.75) is 17.5 Å². The van der Waals surface area contributed by atoms with E-state index in [0.717, 1.165) is 16.8 Å². The fraction of sp³-hybridized carbons (Fsp3) is 0.121. The minimum Gasteiger partial charge on any atom is -0.352 e. The number of anilines is 2. The van der Waals surface area contributed by atoms with Crippen molar-refractivity contribution in [1.29, 1.82) is 0 Å². The number of hydrogen-bond acceptors (Lipinski definition) is 4. The Balaban J connectivity index is 1.55. The zero-order valence-corrected chi connectivity index (χ0v) is 21.5. The van der Waals surface area contributed by atoms with E-state index in [0.29, 0.717) is 21.8 Å². The number of para-hydroxylation sites is 2. The third-order valence-electron chi connectivity index (χ3n) is 8.29. The van der Waals surface area contributed by atoms with Crippen LogP contribution < -0.4 is 10.2 Å². The van der Waals surface area contributed by atoms with Crippen LogP contribution in [0.3, 0.4) is 0 Å². The summed E-state index contributed by atoms with van der Waals surface area (Å²) in [5, 5.41) is 3.35. The van der Waals surface area contributed by atoms with Gasteiger partial charge in [-0.15, -0.1) is 0 Å². The topological polar surface area (TPSA) is 66.5 Å². The predicted octanol–water partition coefficient (Wildman–Crippen LogP) is 6.20. The summed E-state index contributed by atoms with van der Waals surface area (Å²) in [6, 6.07) is 29.5. The molecule has 3 aliphatic rings. The van der Waals surface area contributed by atoms with Crippen LogP contribution in [0.4, 0.5) is 11.4 Å². The molecule has 4 atom stereocenters. The highest BCUT2D eigenvalue weighted by atomic mass is 35.5. The standard InChI is InChI=1S/C33H23ClN2O3/c34-24-15-7-5-13-22(24)31(38)29-28(30(37)21-11-2-1-3-12-21)33(23-14-6-8-16-25(23)35-32(33)39)27-19-18-20-10-4-9-17-26(20)36(27)29/h1-19,27-29H,(H,35,39)/t27-,28-,29+,33-/m1/s1. The van der Waals surface area contributed by atoms with Crippen LogP contribution in [0.2, 0.25) is 5.02 Å². The second-order valence-corrected chi connectivity index (χ2v) is 10.5. The molecule has 190 valence electrons. The number of carbonyl (C=O) groups is 3. The molecule has 4 aromatic carbocycles. The van der Waals surface area contributed by atoms with E-state index in [2.05, 4.69) is 5.32 Å². The minimum absolute atomic E-state index is 0.256. The Morgan fingerprint density at radius 2 is 1.49 bits per heavy atom. The SMILES string of the molecule is O=C(c1ccccc1Cl)[C@@H]1[C@H](C(=O)c2ccccc2)[C@]2(C(=O)Nc3ccccc32)[C@H]2C=Cc3ccccc3N12. The highest BCUT2D eigenvalue weighted by Crippen LogP contribution is 2.58. The Morgan fingerprint density at radius 1 is 0.795 bits per heavy atom. The van der Waals surface area contributed by atoms with Crippen LogP contribution in [-0.2, 0) is 10.2 Å². The largest absolute Gasteiger partial charge is 0.352 e. The van der Waals surface area contributed by atoms with Gasteiger partial charge in [0, 0.05) is 22.5 Å². The molecule has 1 N–H and O–H groups in total. The van der Waals surface area contributed by atoms with E-state index in [1.165, 1.54) is 0 Å². The number of benzene rings is 4. The highest BCUT2D eigenvalue weighted by Gasteiger charge is 2.70. The van der Waals surface area contributed by atoms with Crippen molar-refractivity contribution >= 4 is 46.5 Å². The molecule has 0 saturated carbocycles. The highest BCUT2D eigenvalue weighted by molar-refractivity contribution is 6.34. The molecular formula is C33H23ClN2O3. The fourth-order valence-electron chi connectivity index (χ4n) is 6.72. The summed E-state index contributed by atoms with van der Waals surface area (Å²) in [5.74, 6) is -1.85. The monoisotopic (exact) mass is 530 g/mol. The Bertz CT molecular complexity index is 1700.